The van der Waals surface area contributed by atoms with Gasteiger partial charge in [-0.25, -0.2) is 15.0 Å². The van der Waals surface area contributed by atoms with Gasteiger partial charge in [-0.05, 0) is 36.4 Å². The Morgan fingerprint density at radius 1 is 0.436 bits per heavy atom. The molecule has 39 heavy (non-hydrogen) atoms. The van der Waals surface area contributed by atoms with Crippen molar-refractivity contribution in [1.82, 2.24) is 15.0 Å². The molecule has 0 atom stereocenters. The molecule has 1 aliphatic rings. The summed E-state index contributed by atoms with van der Waals surface area (Å²) in [5.41, 5.74) is 6.04. The summed E-state index contributed by atoms with van der Waals surface area (Å²) in [6.07, 6.45) is 0. The molecule has 1 N–H and O–H groups in total. The summed E-state index contributed by atoms with van der Waals surface area (Å²) in [6, 6.07) is 44.6. The summed E-state index contributed by atoms with van der Waals surface area (Å²) in [4.78, 5) is 14.5. The number of ether oxygens (including phenoxy) is 1. The number of hydrogen-bond donors (Lipinski definition) is 1. The first kappa shape index (κ1) is 22.9. The average Bonchev–Trinajstić information content (AvgIpc) is 3.02. The van der Waals surface area contributed by atoms with Crippen LogP contribution in [-0.2, 0) is 0 Å². The second kappa shape index (κ2) is 9.88. The highest BCUT2D eigenvalue weighted by atomic mass is 16.5. The molecule has 0 spiro atoms. The highest BCUT2D eigenvalue weighted by molar-refractivity contribution is 5.68. The fourth-order valence-electron chi connectivity index (χ4n) is 4.89. The predicted molar refractivity (Wildman–Crippen MR) is 155 cm³/mol. The molecule has 0 amide bonds. The number of fused-ring (bicyclic) bond motifs is 2. The SMILES string of the molecule is c1ccc(-c2nc(-c3ccccc3)nc(-c3ccc(NC4c5ccccc5Oc5ccccc54)cc3)n2)cc1. The van der Waals surface area contributed by atoms with Crippen LogP contribution in [0.3, 0.4) is 0 Å². The lowest BCUT2D eigenvalue weighted by Gasteiger charge is -2.29. The summed E-state index contributed by atoms with van der Waals surface area (Å²) in [6.45, 7) is 0. The van der Waals surface area contributed by atoms with E-state index < -0.39 is 0 Å². The summed E-state index contributed by atoms with van der Waals surface area (Å²) in [5, 5.41) is 3.71. The first-order valence-corrected chi connectivity index (χ1v) is 12.9. The largest absolute Gasteiger partial charge is 0.457 e. The van der Waals surface area contributed by atoms with Crippen LogP contribution in [0.4, 0.5) is 5.69 Å². The van der Waals surface area contributed by atoms with Crippen molar-refractivity contribution in [3.05, 3.63) is 145 Å². The number of anilines is 1. The van der Waals surface area contributed by atoms with E-state index in [1.807, 2.05) is 97.1 Å². The lowest BCUT2D eigenvalue weighted by atomic mass is 9.94. The third-order valence-electron chi connectivity index (χ3n) is 6.83. The van der Waals surface area contributed by atoms with E-state index in [1.54, 1.807) is 0 Å². The molecule has 0 saturated heterocycles. The average molecular weight is 505 g/mol. The van der Waals surface area contributed by atoms with Gasteiger partial charge in [0.05, 0.1) is 6.04 Å². The molecule has 186 valence electrons. The third kappa shape index (κ3) is 4.51. The Kier molecular flexibility index (Phi) is 5.79. The van der Waals surface area contributed by atoms with Gasteiger partial charge in [0.25, 0.3) is 0 Å². The van der Waals surface area contributed by atoms with Crippen LogP contribution < -0.4 is 10.1 Å². The van der Waals surface area contributed by atoms with Gasteiger partial charge in [0.15, 0.2) is 17.5 Å². The number of aromatic nitrogens is 3. The van der Waals surface area contributed by atoms with Crippen molar-refractivity contribution in [3.8, 4) is 45.7 Å². The second-order valence-electron chi connectivity index (χ2n) is 9.37. The maximum Gasteiger partial charge on any atom is 0.164 e. The molecule has 1 aromatic heterocycles. The van der Waals surface area contributed by atoms with E-state index in [1.165, 1.54) is 0 Å². The lowest BCUT2D eigenvalue weighted by molar-refractivity contribution is 0.451. The minimum atomic E-state index is -0.0245. The molecule has 0 radical (unpaired) electrons. The molecule has 5 aromatic carbocycles. The molecule has 0 aliphatic carbocycles. The lowest BCUT2D eigenvalue weighted by Crippen LogP contribution is -2.17. The number of hydrogen-bond acceptors (Lipinski definition) is 5. The summed E-state index contributed by atoms with van der Waals surface area (Å²) >= 11 is 0. The number of nitrogens with zero attached hydrogens (tertiary/aromatic N) is 3. The maximum atomic E-state index is 6.16. The summed E-state index contributed by atoms with van der Waals surface area (Å²) < 4.78 is 6.16. The predicted octanol–water partition coefficient (Wildman–Crippen LogP) is 8.18. The highest BCUT2D eigenvalue weighted by Crippen LogP contribution is 2.44. The van der Waals surface area contributed by atoms with Gasteiger partial charge in [0, 0.05) is 33.5 Å². The molecule has 1 aliphatic heterocycles. The molecule has 5 nitrogen and oxygen atoms in total. The fraction of sp³-hybridized carbons (Fsp3) is 0.0294. The van der Waals surface area contributed by atoms with E-state index >= 15 is 0 Å². The Balaban J connectivity index is 1.24. The van der Waals surface area contributed by atoms with Crippen LogP contribution in [0.2, 0.25) is 0 Å². The molecule has 0 unspecified atom stereocenters. The zero-order chi connectivity index (χ0) is 26.0. The van der Waals surface area contributed by atoms with Gasteiger partial charge in [-0.3, -0.25) is 0 Å². The quantitative estimate of drug-likeness (QED) is 0.256. The number of para-hydroxylation sites is 2. The molecule has 0 bridgehead atoms. The van der Waals surface area contributed by atoms with Gasteiger partial charge >= 0.3 is 0 Å². The number of benzene rings is 5. The minimum Gasteiger partial charge on any atom is -0.457 e. The van der Waals surface area contributed by atoms with Crippen LogP contribution in [-0.4, -0.2) is 15.0 Å². The molecule has 7 rings (SSSR count). The van der Waals surface area contributed by atoms with Crippen molar-refractivity contribution >= 4 is 5.69 Å². The Hall–Kier alpha value is -5.29. The van der Waals surface area contributed by atoms with E-state index in [-0.39, 0.29) is 6.04 Å². The van der Waals surface area contributed by atoms with Crippen molar-refractivity contribution in [3.63, 3.8) is 0 Å². The normalized spacial score (nSPS) is 12.2. The van der Waals surface area contributed by atoms with Crippen molar-refractivity contribution in [1.29, 1.82) is 0 Å². The molecule has 0 fully saturated rings. The van der Waals surface area contributed by atoms with E-state index in [4.69, 9.17) is 19.7 Å². The molecular weight excluding hydrogens is 480 g/mol. The van der Waals surface area contributed by atoms with Crippen LogP contribution in [0.1, 0.15) is 17.2 Å². The third-order valence-corrected chi connectivity index (χ3v) is 6.83. The van der Waals surface area contributed by atoms with Crippen LogP contribution in [0, 0.1) is 0 Å². The molecule has 6 aromatic rings. The van der Waals surface area contributed by atoms with Gasteiger partial charge < -0.3 is 10.1 Å². The van der Waals surface area contributed by atoms with Gasteiger partial charge in [0.1, 0.15) is 11.5 Å². The minimum absolute atomic E-state index is 0.0245. The number of rotatable bonds is 5. The van der Waals surface area contributed by atoms with Gasteiger partial charge in [0.2, 0.25) is 0 Å². The van der Waals surface area contributed by atoms with Crippen LogP contribution in [0.25, 0.3) is 34.2 Å². The van der Waals surface area contributed by atoms with E-state index in [2.05, 4.69) is 41.7 Å². The number of nitrogens with one attached hydrogen (secondary N) is 1. The first-order valence-electron chi connectivity index (χ1n) is 12.9. The van der Waals surface area contributed by atoms with E-state index in [9.17, 15) is 0 Å². The van der Waals surface area contributed by atoms with Crippen LogP contribution in [0.15, 0.2) is 133 Å². The molecule has 0 saturated carbocycles. The Labute approximate surface area is 226 Å². The fourth-order valence-corrected chi connectivity index (χ4v) is 4.89. The van der Waals surface area contributed by atoms with Gasteiger partial charge in [-0.15, -0.1) is 0 Å². The Bertz CT molecular complexity index is 1650. The maximum absolute atomic E-state index is 6.16. The summed E-state index contributed by atoms with van der Waals surface area (Å²) in [7, 11) is 0. The summed E-state index contributed by atoms with van der Waals surface area (Å²) in [5.74, 6) is 3.68. The van der Waals surface area contributed by atoms with E-state index in [0.29, 0.717) is 17.5 Å². The standard InChI is InChI=1S/C34H24N4O/c1-3-11-23(12-4-1)32-36-33(24-13-5-2-6-14-24)38-34(37-32)25-19-21-26(22-20-25)35-31-27-15-7-9-17-29(27)39-30-18-10-8-16-28(30)31/h1-22,31,35H. The molecule has 2 heterocycles. The van der Waals surface area contributed by atoms with Gasteiger partial charge in [-0.2, -0.15) is 0 Å². The Morgan fingerprint density at radius 2 is 0.846 bits per heavy atom. The highest BCUT2D eigenvalue weighted by Gasteiger charge is 2.26. The first-order chi connectivity index (χ1) is 19.3. The smallest absolute Gasteiger partial charge is 0.164 e. The van der Waals surface area contributed by atoms with Crippen LogP contribution in [0.5, 0.6) is 11.5 Å². The Morgan fingerprint density at radius 3 is 1.33 bits per heavy atom. The van der Waals surface area contributed by atoms with E-state index in [0.717, 1.165) is 45.0 Å². The van der Waals surface area contributed by atoms with Crippen molar-refractivity contribution < 1.29 is 4.74 Å². The van der Waals surface area contributed by atoms with Crippen LogP contribution >= 0.6 is 0 Å². The second-order valence-corrected chi connectivity index (χ2v) is 9.37. The van der Waals surface area contributed by atoms with Crippen molar-refractivity contribution in [2.75, 3.05) is 5.32 Å². The molecule has 5 heteroatoms. The van der Waals surface area contributed by atoms with Crippen molar-refractivity contribution in [2.24, 2.45) is 0 Å². The zero-order valence-electron chi connectivity index (χ0n) is 21.0. The van der Waals surface area contributed by atoms with Crippen molar-refractivity contribution in [2.45, 2.75) is 6.04 Å². The zero-order valence-corrected chi connectivity index (χ0v) is 21.0. The van der Waals surface area contributed by atoms with Gasteiger partial charge in [-0.1, -0.05) is 97.1 Å². The molecular formula is C34H24N4O. The topological polar surface area (TPSA) is 59.9 Å². The monoisotopic (exact) mass is 504 g/mol.